The topological polar surface area (TPSA) is 15.3 Å². The number of hydrogen-bond acceptors (Lipinski definition) is 2. The molecule has 0 bridgehead atoms. The minimum atomic E-state index is 0.447. The average Bonchev–Trinajstić information content (AvgIpc) is 2.42. The van der Waals surface area contributed by atoms with Gasteiger partial charge in [0.15, 0.2) is 0 Å². The van der Waals surface area contributed by atoms with E-state index in [0.29, 0.717) is 12.1 Å². The Labute approximate surface area is 126 Å². The largest absolute Gasteiger partial charge is 0.309 e. The van der Waals surface area contributed by atoms with Gasteiger partial charge in [-0.2, -0.15) is 0 Å². The molecule has 0 aromatic heterocycles. The predicted octanol–water partition coefficient (Wildman–Crippen LogP) is 4.22. The third-order valence-corrected chi connectivity index (χ3v) is 4.35. The summed E-state index contributed by atoms with van der Waals surface area (Å²) in [5, 5.41) is 3.66. The van der Waals surface area contributed by atoms with Crippen LogP contribution in [0.25, 0.3) is 0 Å². The Hall–Kier alpha value is -0.380. The Bertz CT molecular complexity index is 368. The molecule has 0 amide bonds. The molecule has 2 nitrogen and oxygen atoms in total. The van der Waals surface area contributed by atoms with Crippen molar-refractivity contribution in [2.75, 3.05) is 20.1 Å². The maximum absolute atomic E-state index is 3.66. The van der Waals surface area contributed by atoms with Gasteiger partial charge >= 0.3 is 0 Å². The molecule has 0 spiro atoms. The van der Waals surface area contributed by atoms with E-state index in [1.54, 1.807) is 0 Å². The molecule has 1 aromatic rings. The molecule has 0 heterocycles. The number of nitrogens with zero attached hydrogens (tertiary/aromatic N) is 1. The summed E-state index contributed by atoms with van der Waals surface area (Å²) in [6, 6.07) is 9.70. The smallest absolute Gasteiger partial charge is 0.0318 e. The van der Waals surface area contributed by atoms with Crippen molar-refractivity contribution < 1.29 is 0 Å². The molecule has 1 N–H and O–H groups in total. The van der Waals surface area contributed by atoms with Gasteiger partial charge in [0.25, 0.3) is 0 Å². The number of nitrogens with one attached hydrogen (secondary N) is 1. The summed E-state index contributed by atoms with van der Waals surface area (Å²) in [5.41, 5.74) is 1.36. The highest BCUT2D eigenvalue weighted by molar-refractivity contribution is 9.10. The van der Waals surface area contributed by atoms with E-state index in [0.717, 1.165) is 24.0 Å². The zero-order valence-electron chi connectivity index (χ0n) is 12.6. The molecule has 1 rings (SSSR count). The first-order valence-corrected chi connectivity index (χ1v) is 8.06. The van der Waals surface area contributed by atoms with E-state index in [1.165, 1.54) is 12.0 Å². The normalized spacial score (nSPS) is 14.6. The second kappa shape index (κ2) is 8.72. The molecule has 0 saturated carbocycles. The van der Waals surface area contributed by atoms with Crippen LogP contribution in [0.15, 0.2) is 28.7 Å². The van der Waals surface area contributed by atoms with Gasteiger partial charge in [0.2, 0.25) is 0 Å². The molecule has 2 unspecified atom stereocenters. The average molecular weight is 327 g/mol. The van der Waals surface area contributed by atoms with Crippen molar-refractivity contribution in [2.24, 2.45) is 0 Å². The summed E-state index contributed by atoms with van der Waals surface area (Å²) in [6.07, 6.45) is 2.32. The molecule has 0 saturated heterocycles. The number of likely N-dealkylation sites (N-methyl/N-ethyl adjacent to an activating group) is 1. The highest BCUT2D eigenvalue weighted by Gasteiger charge is 2.10. The lowest BCUT2D eigenvalue weighted by Gasteiger charge is -2.25. The first kappa shape index (κ1) is 16.7. The fraction of sp³-hybridized carbons (Fsp3) is 0.625. The van der Waals surface area contributed by atoms with Gasteiger partial charge in [0, 0.05) is 29.6 Å². The first-order valence-electron chi connectivity index (χ1n) is 7.27. The summed E-state index contributed by atoms with van der Waals surface area (Å²) in [5.74, 6) is 0. The lowest BCUT2D eigenvalue weighted by atomic mass is 10.0. The van der Waals surface area contributed by atoms with E-state index in [2.05, 4.69) is 78.2 Å². The maximum Gasteiger partial charge on any atom is 0.0318 e. The van der Waals surface area contributed by atoms with Crippen LogP contribution in [-0.4, -0.2) is 31.1 Å². The summed E-state index contributed by atoms with van der Waals surface area (Å²) in [6.45, 7) is 8.89. The lowest BCUT2D eigenvalue weighted by molar-refractivity contribution is 0.248. The van der Waals surface area contributed by atoms with E-state index in [9.17, 15) is 0 Å². The van der Waals surface area contributed by atoms with E-state index < -0.39 is 0 Å². The van der Waals surface area contributed by atoms with Crippen LogP contribution in [0, 0.1) is 0 Å². The Morgan fingerprint density at radius 3 is 2.58 bits per heavy atom. The first-order chi connectivity index (χ1) is 9.08. The van der Waals surface area contributed by atoms with Crippen molar-refractivity contribution in [3.63, 3.8) is 0 Å². The van der Waals surface area contributed by atoms with Gasteiger partial charge in [-0.05, 0) is 44.5 Å². The van der Waals surface area contributed by atoms with Gasteiger partial charge in [-0.1, -0.05) is 41.9 Å². The third-order valence-electron chi connectivity index (χ3n) is 3.86. The molecule has 0 aliphatic heterocycles. The SMILES string of the molecule is CCC(NCCN(C)C(C)CC)c1cccc(Br)c1. The van der Waals surface area contributed by atoms with Crippen LogP contribution in [0.1, 0.15) is 45.2 Å². The number of benzene rings is 1. The summed E-state index contributed by atoms with van der Waals surface area (Å²) in [4.78, 5) is 2.42. The zero-order valence-corrected chi connectivity index (χ0v) is 14.2. The van der Waals surface area contributed by atoms with E-state index in [4.69, 9.17) is 0 Å². The highest BCUT2D eigenvalue weighted by Crippen LogP contribution is 2.20. The summed E-state index contributed by atoms with van der Waals surface area (Å²) in [7, 11) is 2.20. The van der Waals surface area contributed by atoms with Crippen LogP contribution in [0.3, 0.4) is 0 Å². The Kier molecular flexibility index (Phi) is 7.66. The predicted molar refractivity (Wildman–Crippen MR) is 87.6 cm³/mol. The van der Waals surface area contributed by atoms with Gasteiger partial charge in [-0.15, -0.1) is 0 Å². The van der Waals surface area contributed by atoms with Crippen molar-refractivity contribution in [2.45, 2.75) is 45.7 Å². The van der Waals surface area contributed by atoms with Gasteiger partial charge in [-0.25, -0.2) is 0 Å². The molecular weight excluding hydrogens is 300 g/mol. The third kappa shape index (κ3) is 5.64. The highest BCUT2D eigenvalue weighted by atomic mass is 79.9. The van der Waals surface area contributed by atoms with Crippen LogP contribution in [-0.2, 0) is 0 Å². The second-order valence-corrected chi connectivity index (χ2v) is 6.12. The van der Waals surface area contributed by atoms with Crippen LogP contribution in [0.2, 0.25) is 0 Å². The van der Waals surface area contributed by atoms with Gasteiger partial charge in [0.05, 0.1) is 0 Å². The van der Waals surface area contributed by atoms with Crippen molar-refractivity contribution in [1.82, 2.24) is 10.2 Å². The number of hydrogen-bond donors (Lipinski definition) is 1. The molecule has 3 heteroatoms. The molecule has 0 radical (unpaired) electrons. The molecule has 0 aliphatic rings. The fourth-order valence-corrected chi connectivity index (χ4v) is 2.59. The Morgan fingerprint density at radius 1 is 1.26 bits per heavy atom. The summed E-state index contributed by atoms with van der Waals surface area (Å²) >= 11 is 3.54. The van der Waals surface area contributed by atoms with Crippen molar-refractivity contribution in [3.8, 4) is 0 Å². The minimum Gasteiger partial charge on any atom is -0.309 e. The fourth-order valence-electron chi connectivity index (χ4n) is 2.17. The molecule has 1 aromatic carbocycles. The number of halogens is 1. The maximum atomic E-state index is 3.66. The second-order valence-electron chi connectivity index (χ2n) is 5.21. The van der Waals surface area contributed by atoms with E-state index in [1.807, 2.05) is 0 Å². The van der Waals surface area contributed by atoms with E-state index in [-0.39, 0.29) is 0 Å². The Balaban J connectivity index is 2.45. The van der Waals surface area contributed by atoms with Gasteiger partial charge < -0.3 is 10.2 Å². The van der Waals surface area contributed by atoms with Crippen LogP contribution >= 0.6 is 15.9 Å². The Morgan fingerprint density at radius 2 is 2.00 bits per heavy atom. The van der Waals surface area contributed by atoms with Crippen LogP contribution < -0.4 is 5.32 Å². The number of rotatable bonds is 8. The monoisotopic (exact) mass is 326 g/mol. The molecular formula is C16H27BrN2. The molecule has 2 atom stereocenters. The molecule has 0 aliphatic carbocycles. The van der Waals surface area contributed by atoms with Gasteiger partial charge in [0.1, 0.15) is 0 Å². The lowest BCUT2D eigenvalue weighted by Crippen LogP contribution is -2.36. The quantitative estimate of drug-likeness (QED) is 0.769. The molecule has 108 valence electrons. The van der Waals surface area contributed by atoms with Crippen LogP contribution in [0.4, 0.5) is 0 Å². The van der Waals surface area contributed by atoms with Crippen LogP contribution in [0.5, 0.6) is 0 Å². The van der Waals surface area contributed by atoms with Crippen molar-refractivity contribution >= 4 is 15.9 Å². The standard InChI is InChI=1S/C16H27BrN2/c1-5-13(3)19(4)11-10-18-16(6-2)14-8-7-9-15(17)12-14/h7-9,12-13,16,18H,5-6,10-11H2,1-4H3. The zero-order chi connectivity index (χ0) is 14.3. The molecule has 19 heavy (non-hydrogen) atoms. The van der Waals surface area contributed by atoms with Crippen molar-refractivity contribution in [1.29, 1.82) is 0 Å². The van der Waals surface area contributed by atoms with Crippen molar-refractivity contribution in [3.05, 3.63) is 34.3 Å². The van der Waals surface area contributed by atoms with Gasteiger partial charge in [-0.3, -0.25) is 0 Å². The summed E-state index contributed by atoms with van der Waals surface area (Å²) < 4.78 is 1.15. The minimum absolute atomic E-state index is 0.447. The molecule has 0 fully saturated rings. The van der Waals surface area contributed by atoms with E-state index >= 15 is 0 Å².